The van der Waals surface area contributed by atoms with Gasteiger partial charge in [-0.3, -0.25) is 0 Å². The Balaban J connectivity index is 1.91. The molecule has 0 spiro atoms. The Hall–Kier alpha value is -2.10. The number of nitrogens with one attached hydrogen (secondary N) is 1. The molecule has 0 heterocycles. The molecule has 0 radical (unpaired) electrons. The van der Waals surface area contributed by atoms with Crippen molar-refractivity contribution in [1.29, 1.82) is 0 Å². The van der Waals surface area contributed by atoms with Crippen LogP contribution in [0.15, 0.2) is 54.6 Å². The van der Waals surface area contributed by atoms with E-state index in [4.69, 9.17) is 4.74 Å². The fourth-order valence-electron chi connectivity index (χ4n) is 2.74. The molecule has 3 aromatic rings. The van der Waals surface area contributed by atoms with E-state index >= 15 is 0 Å². The summed E-state index contributed by atoms with van der Waals surface area (Å²) in [6.07, 6.45) is -0.532. The average molecular weight is 309 g/mol. The molecule has 3 rings (SSSR count). The zero-order chi connectivity index (χ0) is 16.2. The van der Waals surface area contributed by atoms with Gasteiger partial charge < -0.3 is 15.2 Å². The Labute approximate surface area is 136 Å². The smallest absolute Gasteiger partial charge is 0.135 e. The van der Waals surface area contributed by atoms with Gasteiger partial charge in [0.05, 0.1) is 0 Å². The van der Waals surface area contributed by atoms with Crippen LogP contribution >= 0.6 is 0 Å². The van der Waals surface area contributed by atoms with E-state index in [0.29, 0.717) is 12.6 Å². The van der Waals surface area contributed by atoms with Crippen molar-refractivity contribution in [3.05, 3.63) is 54.6 Å². The predicted octanol–water partition coefficient (Wildman–Crippen LogP) is 3.73. The second kappa shape index (κ2) is 6.99. The molecule has 2 N–H and O–H groups in total. The third-order valence-electron chi connectivity index (χ3n) is 3.90. The minimum atomic E-state index is -0.532. The van der Waals surface area contributed by atoms with Gasteiger partial charge in [-0.1, -0.05) is 62.4 Å². The van der Waals surface area contributed by atoms with E-state index in [9.17, 15) is 5.11 Å². The van der Waals surface area contributed by atoms with E-state index < -0.39 is 6.10 Å². The van der Waals surface area contributed by atoms with Crippen molar-refractivity contribution in [3.8, 4) is 5.75 Å². The molecule has 0 saturated heterocycles. The summed E-state index contributed by atoms with van der Waals surface area (Å²) in [7, 11) is 0. The van der Waals surface area contributed by atoms with E-state index in [1.165, 1.54) is 0 Å². The summed E-state index contributed by atoms with van der Waals surface area (Å²) in [6.45, 7) is 4.93. The number of hydrogen-bond donors (Lipinski definition) is 2. The van der Waals surface area contributed by atoms with Crippen LogP contribution in [0.2, 0.25) is 0 Å². The van der Waals surface area contributed by atoms with Gasteiger partial charge >= 0.3 is 0 Å². The Kier molecular flexibility index (Phi) is 4.79. The second-order valence-electron chi connectivity index (χ2n) is 6.18. The Morgan fingerprint density at radius 3 is 2.09 bits per heavy atom. The standard InChI is InChI=1S/C20H23NO2/c1-14(2)21-12-17(22)13-23-20-18-9-5-3-7-15(18)11-16-8-4-6-10-19(16)20/h3-11,14,17,21-22H,12-13H2,1-2H3. The fraction of sp³-hybridized carbons (Fsp3) is 0.300. The van der Waals surface area contributed by atoms with Gasteiger partial charge in [0.2, 0.25) is 0 Å². The molecule has 3 nitrogen and oxygen atoms in total. The largest absolute Gasteiger partial charge is 0.490 e. The van der Waals surface area contributed by atoms with Crippen LogP contribution in [0.5, 0.6) is 5.75 Å². The van der Waals surface area contributed by atoms with Gasteiger partial charge in [-0.05, 0) is 16.8 Å². The lowest BCUT2D eigenvalue weighted by Gasteiger charge is -2.17. The lowest BCUT2D eigenvalue weighted by molar-refractivity contribution is 0.106. The number of ether oxygens (including phenoxy) is 1. The minimum Gasteiger partial charge on any atom is -0.490 e. The van der Waals surface area contributed by atoms with E-state index in [-0.39, 0.29) is 6.61 Å². The Morgan fingerprint density at radius 2 is 1.52 bits per heavy atom. The first-order valence-electron chi connectivity index (χ1n) is 8.10. The number of aliphatic hydroxyl groups is 1. The van der Waals surface area contributed by atoms with Crippen molar-refractivity contribution in [2.75, 3.05) is 13.2 Å². The lowest BCUT2D eigenvalue weighted by atomic mass is 10.0. The first-order chi connectivity index (χ1) is 11.1. The lowest BCUT2D eigenvalue weighted by Crippen LogP contribution is -2.35. The van der Waals surface area contributed by atoms with Crippen molar-refractivity contribution >= 4 is 21.5 Å². The average Bonchev–Trinajstić information content (AvgIpc) is 2.56. The van der Waals surface area contributed by atoms with Gasteiger partial charge in [0.15, 0.2) is 0 Å². The normalized spacial score (nSPS) is 12.9. The monoisotopic (exact) mass is 309 g/mol. The van der Waals surface area contributed by atoms with Gasteiger partial charge in [0.1, 0.15) is 18.5 Å². The number of aliphatic hydroxyl groups excluding tert-OH is 1. The van der Waals surface area contributed by atoms with E-state index in [0.717, 1.165) is 27.3 Å². The molecule has 23 heavy (non-hydrogen) atoms. The molecule has 1 atom stereocenters. The summed E-state index contributed by atoms with van der Waals surface area (Å²) in [5.74, 6) is 0.849. The fourth-order valence-corrected chi connectivity index (χ4v) is 2.74. The molecule has 0 saturated carbocycles. The topological polar surface area (TPSA) is 41.5 Å². The highest BCUT2D eigenvalue weighted by molar-refractivity contribution is 6.05. The zero-order valence-corrected chi connectivity index (χ0v) is 13.6. The van der Waals surface area contributed by atoms with Crippen LogP contribution in [-0.4, -0.2) is 30.4 Å². The first kappa shape index (κ1) is 15.8. The minimum absolute atomic E-state index is 0.276. The number of hydrogen-bond acceptors (Lipinski definition) is 3. The molecule has 3 aromatic carbocycles. The summed E-state index contributed by atoms with van der Waals surface area (Å²) in [5, 5.41) is 17.8. The number of fused-ring (bicyclic) bond motifs is 2. The maximum absolute atomic E-state index is 10.1. The maximum Gasteiger partial charge on any atom is 0.135 e. The molecule has 0 aliphatic heterocycles. The highest BCUT2D eigenvalue weighted by atomic mass is 16.5. The third-order valence-corrected chi connectivity index (χ3v) is 3.90. The van der Waals surface area contributed by atoms with E-state index in [2.05, 4.69) is 49.5 Å². The molecule has 0 aliphatic rings. The van der Waals surface area contributed by atoms with Crippen molar-refractivity contribution in [2.45, 2.75) is 26.0 Å². The number of rotatable bonds is 6. The maximum atomic E-state index is 10.1. The Bertz CT molecular complexity index is 744. The summed E-state index contributed by atoms with van der Waals surface area (Å²) >= 11 is 0. The summed E-state index contributed by atoms with van der Waals surface area (Å²) in [4.78, 5) is 0. The van der Waals surface area contributed by atoms with Gasteiger partial charge in [-0.15, -0.1) is 0 Å². The predicted molar refractivity (Wildman–Crippen MR) is 96.1 cm³/mol. The highest BCUT2D eigenvalue weighted by Crippen LogP contribution is 2.34. The quantitative estimate of drug-likeness (QED) is 0.682. The molecular formula is C20H23NO2. The third kappa shape index (κ3) is 3.63. The van der Waals surface area contributed by atoms with Crippen LogP contribution in [0.4, 0.5) is 0 Å². The summed E-state index contributed by atoms with van der Waals surface area (Å²) in [6, 6.07) is 18.9. The van der Waals surface area contributed by atoms with Crippen molar-refractivity contribution < 1.29 is 9.84 Å². The van der Waals surface area contributed by atoms with Gasteiger partial charge in [0.25, 0.3) is 0 Å². The van der Waals surface area contributed by atoms with Crippen molar-refractivity contribution in [3.63, 3.8) is 0 Å². The first-order valence-corrected chi connectivity index (χ1v) is 8.10. The number of benzene rings is 3. The van der Waals surface area contributed by atoms with Crippen LogP contribution in [0.25, 0.3) is 21.5 Å². The second-order valence-corrected chi connectivity index (χ2v) is 6.18. The highest BCUT2D eigenvalue weighted by Gasteiger charge is 2.11. The van der Waals surface area contributed by atoms with Crippen LogP contribution in [0, 0.1) is 0 Å². The molecule has 0 bridgehead atoms. The van der Waals surface area contributed by atoms with Crippen molar-refractivity contribution in [1.82, 2.24) is 5.32 Å². The zero-order valence-electron chi connectivity index (χ0n) is 13.6. The Morgan fingerprint density at radius 1 is 0.957 bits per heavy atom. The molecule has 3 heteroatoms. The molecular weight excluding hydrogens is 286 g/mol. The molecule has 0 amide bonds. The van der Waals surface area contributed by atoms with E-state index in [1.807, 2.05) is 24.3 Å². The summed E-state index contributed by atoms with van der Waals surface area (Å²) in [5.41, 5.74) is 0. The molecule has 0 fully saturated rings. The molecule has 120 valence electrons. The van der Waals surface area contributed by atoms with Crippen LogP contribution in [0.3, 0.4) is 0 Å². The SMILES string of the molecule is CC(C)NCC(O)COc1c2ccccc2cc2ccccc12. The van der Waals surface area contributed by atoms with Gasteiger partial charge in [0, 0.05) is 23.4 Å². The van der Waals surface area contributed by atoms with Crippen LogP contribution in [-0.2, 0) is 0 Å². The molecule has 0 aromatic heterocycles. The molecule has 0 aliphatic carbocycles. The van der Waals surface area contributed by atoms with Crippen LogP contribution < -0.4 is 10.1 Å². The van der Waals surface area contributed by atoms with Crippen molar-refractivity contribution in [2.24, 2.45) is 0 Å². The summed E-state index contributed by atoms with van der Waals surface area (Å²) < 4.78 is 6.04. The van der Waals surface area contributed by atoms with E-state index in [1.54, 1.807) is 0 Å². The van der Waals surface area contributed by atoms with Gasteiger partial charge in [-0.2, -0.15) is 0 Å². The molecule has 1 unspecified atom stereocenters. The van der Waals surface area contributed by atoms with Gasteiger partial charge in [-0.25, -0.2) is 0 Å². The van der Waals surface area contributed by atoms with Crippen LogP contribution in [0.1, 0.15) is 13.8 Å².